The Labute approximate surface area is 259 Å². The Hall–Kier alpha value is -5.61. The lowest BCUT2D eigenvalue weighted by Crippen LogP contribution is -2.12. The van der Waals surface area contributed by atoms with Crippen LogP contribution in [-0.2, 0) is 6.42 Å². The molecule has 0 spiro atoms. The molecule has 0 aliphatic carbocycles. The molecule has 0 bridgehead atoms. The van der Waals surface area contributed by atoms with Crippen molar-refractivity contribution in [1.29, 1.82) is 0 Å². The lowest BCUT2D eigenvalue weighted by Gasteiger charge is -2.28. The summed E-state index contributed by atoms with van der Waals surface area (Å²) in [6.07, 6.45) is 6.53. The molecule has 0 aliphatic rings. The number of benzene rings is 5. The molecular weight excluding hydrogens is 536 g/mol. The number of fused-ring (bicyclic) bond motifs is 1. The van der Waals surface area contributed by atoms with Crippen LogP contribution in [0.15, 0.2) is 164 Å². The number of aromatic nitrogens is 2. The minimum absolute atomic E-state index is 0.968. The largest absolute Gasteiger partial charge is 0.311 e. The van der Waals surface area contributed by atoms with Gasteiger partial charge >= 0.3 is 0 Å². The van der Waals surface area contributed by atoms with E-state index in [1.807, 2.05) is 0 Å². The van der Waals surface area contributed by atoms with Crippen molar-refractivity contribution in [3.8, 4) is 11.3 Å². The van der Waals surface area contributed by atoms with E-state index in [1.165, 1.54) is 5.56 Å². The molecule has 5 aromatic carbocycles. The van der Waals surface area contributed by atoms with Crippen LogP contribution in [-0.4, -0.2) is 9.38 Å². The van der Waals surface area contributed by atoms with Gasteiger partial charge in [0.2, 0.25) is 0 Å². The third-order valence-corrected chi connectivity index (χ3v) is 7.88. The van der Waals surface area contributed by atoms with Crippen molar-refractivity contribution in [3.63, 3.8) is 0 Å². The van der Waals surface area contributed by atoms with Crippen molar-refractivity contribution < 1.29 is 0 Å². The molecule has 0 saturated carbocycles. The summed E-state index contributed by atoms with van der Waals surface area (Å²) in [7, 11) is 0. The lowest BCUT2D eigenvalue weighted by molar-refractivity contribution is 0.909. The maximum atomic E-state index is 4.90. The van der Waals surface area contributed by atoms with Crippen molar-refractivity contribution >= 4 is 39.8 Å². The number of hydrogen-bond donors (Lipinski definition) is 0. The molecule has 0 aliphatic heterocycles. The summed E-state index contributed by atoms with van der Waals surface area (Å²) in [4.78, 5) is 9.47. The molecule has 44 heavy (non-hydrogen) atoms. The van der Waals surface area contributed by atoms with E-state index in [9.17, 15) is 0 Å². The van der Waals surface area contributed by atoms with Crippen LogP contribution in [0.4, 0.5) is 34.1 Å². The average Bonchev–Trinajstić information content (AvgIpc) is 3.51. The zero-order chi connectivity index (χ0) is 29.7. The van der Waals surface area contributed by atoms with Gasteiger partial charge in [-0.2, -0.15) is 0 Å². The molecule has 0 amide bonds. The summed E-state index contributed by atoms with van der Waals surface area (Å²) in [5.74, 6) is 0. The van der Waals surface area contributed by atoms with Crippen molar-refractivity contribution in [3.05, 3.63) is 170 Å². The minimum Gasteiger partial charge on any atom is -0.311 e. The Kier molecular flexibility index (Phi) is 7.63. The van der Waals surface area contributed by atoms with E-state index < -0.39 is 0 Å². The summed E-state index contributed by atoms with van der Waals surface area (Å²) in [5, 5.41) is 0. The highest BCUT2D eigenvalue weighted by atomic mass is 15.2. The van der Waals surface area contributed by atoms with E-state index in [4.69, 9.17) is 4.98 Å². The van der Waals surface area contributed by atoms with Gasteiger partial charge in [-0.25, -0.2) is 4.98 Å². The van der Waals surface area contributed by atoms with E-state index in [0.29, 0.717) is 0 Å². The monoisotopic (exact) mass is 570 g/mol. The summed E-state index contributed by atoms with van der Waals surface area (Å²) >= 11 is 0. The van der Waals surface area contributed by atoms with Gasteiger partial charge in [-0.15, -0.1) is 0 Å². The van der Waals surface area contributed by atoms with E-state index in [1.54, 1.807) is 0 Å². The van der Waals surface area contributed by atoms with Crippen molar-refractivity contribution in [2.45, 2.75) is 19.8 Å². The first kappa shape index (κ1) is 27.2. The average molecular weight is 571 g/mol. The van der Waals surface area contributed by atoms with Crippen LogP contribution < -0.4 is 9.80 Å². The molecule has 7 rings (SSSR count). The third kappa shape index (κ3) is 5.58. The zero-order valence-electron chi connectivity index (χ0n) is 24.8. The molecule has 4 nitrogen and oxygen atoms in total. The number of nitrogens with zero attached hydrogens (tertiary/aromatic N) is 4. The van der Waals surface area contributed by atoms with Crippen LogP contribution in [0.1, 0.15) is 18.9 Å². The molecule has 7 aromatic rings. The van der Waals surface area contributed by atoms with Gasteiger partial charge < -0.3 is 14.2 Å². The van der Waals surface area contributed by atoms with Crippen molar-refractivity contribution in [1.82, 2.24) is 9.38 Å². The highest BCUT2D eigenvalue weighted by Crippen LogP contribution is 2.39. The van der Waals surface area contributed by atoms with Gasteiger partial charge in [-0.3, -0.25) is 0 Å². The van der Waals surface area contributed by atoms with Crippen LogP contribution in [0.5, 0.6) is 0 Å². The number of pyridine rings is 1. The number of rotatable bonds is 9. The standard InChI is InChI=1S/C40H34N4/c1-2-12-31-19-28-40-41-39(30-42(40)29-31)32-20-22-36(23-21-32)44(35-17-10-5-11-18-35)38-26-24-37(25-27-38)43(33-13-6-3-7-14-33)34-15-8-4-9-16-34/h3-11,13-30H,2,12H2,1H3. The Balaban J connectivity index is 1.23. The van der Waals surface area contributed by atoms with Crippen LogP contribution >= 0.6 is 0 Å². The maximum Gasteiger partial charge on any atom is 0.137 e. The Bertz CT molecular complexity index is 1910. The predicted molar refractivity (Wildman–Crippen MR) is 184 cm³/mol. The zero-order valence-corrected chi connectivity index (χ0v) is 24.8. The number of hydrogen-bond acceptors (Lipinski definition) is 3. The third-order valence-electron chi connectivity index (χ3n) is 7.88. The summed E-state index contributed by atoms with van der Waals surface area (Å²) < 4.78 is 2.14. The fourth-order valence-corrected chi connectivity index (χ4v) is 5.77. The fourth-order valence-electron chi connectivity index (χ4n) is 5.77. The van der Waals surface area contributed by atoms with Crippen molar-refractivity contribution in [2.75, 3.05) is 9.80 Å². The number of para-hydroxylation sites is 3. The Morgan fingerprint density at radius 3 is 1.36 bits per heavy atom. The number of aryl methyl sites for hydroxylation is 1. The van der Waals surface area contributed by atoms with E-state index in [-0.39, 0.29) is 0 Å². The van der Waals surface area contributed by atoms with E-state index in [2.05, 4.69) is 185 Å². The molecule has 0 atom stereocenters. The molecule has 0 fully saturated rings. The highest BCUT2D eigenvalue weighted by molar-refractivity contribution is 5.81. The van der Waals surface area contributed by atoms with Crippen LogP contribution in [0.25, 0.3) is 16.9 Å². The van der Waals surface area contributed by atoms with Gasteiger partial charge in [-0.1, -0.05) is 86.1 Å². The number of imidazole rings is 1. The van der Waals surface area contributed by atoms with Gasteiger partial charge in [-0.05, 0) is 90.8 Å². The summed E-state index contributed by atoms with van der Waals surface area (Å²) in [5.41, 5.74) is 11.0. The van der Waals surface area contributed by atoms with E-state index >= 15 is 0 Å². The Morgan fingerprint density at radius 1 is 0.477 bits per heavy atom. The van der Waals surface area contributed by atoms with Gasteiger partial charge in [0.1, 0.15) is 5.65 Å². The smallest absolute Gasteiger partial charge is 0.137 e. The molecule has 0 radical (unpaired) electrons. The lowest BCUT2D eigenvalue weighted by atomic mass is 10.1. The second-order valence-electron chi connectivity index (χ2n) is 10.9. The quantitative estimate of drug-likeness (QED) is 0.172. The number of anilines is 6. The van der Waals surface area contributed by atoms with Gasteiger partial charge in [0, 0.05) is 52.1 Å². The van der Waals surface area contributed by atoms with Crippen LogP contribution in [0.2, 0.25) is 0 Å². The first-order chi connectivity index (χ1) is 21.8. The molecule has 0 saturated heterocycles. The molecule has 2 heterocycles. The van der Waals surface area contributed by atoms with Gasteiger partial charge in [0.15, 0.2) is 0 Å². The van der Waals surface area contributed by atoms with Gasteiger partial charge in [0.05, 0.1) is 5.69 Å². The first-order valence-electron chi connectivity index (χ1n) is 15.2. The maximum absolute atomic E-state index is 4.90. The topological polar surface area (TPSA) is 23.8 Å². The second-order valence-corrected chi connectivity index (χ2v) is 10.9. The fraction of sp³-hybridized carbons (Fsp3) is 0.0750. The summed E-state index contributed by atoms with van der Waals surface area (Å²) in [6.45, 7) is 2.21. The van der Waals surface area contributed by atoms with Crippen LogP contribution in [0, 0.1) is 0 Å². The molecule has 214 valence electrons. The van der Waals surface area contributed by atoms with Crippen LogP contribution in [0.3, 0.4) is 0 Å². The molecule has 0 unspecified atom stereocenters. The molecular formula is C40H34N4. The summed E-state index contributed by atoms with van der Waals surface area (Å²) in [6, 6.07) is 53.3. The predicted octanol–water partition coefficient (Wildman–Crippen LogP) is 10.9. The Morgan fingerprint density at radius 2 is 0.909 bits per heavy atom. The minimum atomic E-state index is 0.968. The van der Waals surface area contributed by atoms with E-state index in [0.717, 1.165) is 63.9 Å². The molecule has 4 heteroatoms. The SMILES string of the molecule is CCCc1ccc2nc(-c3ccc(N(c4ccccc4)c4ccc(N(c5ccccc5)c5ccccc5)cc4)cc3)cn2c1. The van der Waals surface area contributed by atoms with Gasteiger partial charge in [0.25, 0.3) is 0 Å². The molecule has 0 N–H and O–H groups in total. The van der Waals surface area contributed by atoms with Crippen molar-refractivity contribution in [2.24, 2.45) is 0 Å². The molecule has 2 aromatic heterocycles. The normalized spacial score (nSPS) is 11.0. The second kappa shape index (κ2) is 12.3. The first-order valence-corrected chi connectivity index (χ1v) is 15.2. The highest BCUT2D eigenvalue weighted by Gasteiger charge is 2.16.